The normalized spacial score (nSPS) is 29.2. The minimum Gasteiger partial charge on any atom is -0.316 e. The molecule has 1 fully saturated rings. The lowest BCUT2D eigenvalue weighted by Gasteiger charge is -2.25. The van der Waals surface area contributed by atoms with Crippen LogP contribution in [0.3, 0.4) is 0 Å². The van der Waals surface area contributed by atoms with E-state index in [4.69, 9.17) is 0 Å². The molecule has 1 nitrogen and oxygen atoms in total. The van der Waals surface area contributed by atoms with E-state index < -0.39 is 0 Å². The van der Waals surface area contributed by atoms with Gasteiger partial charge in [-0.3, -0.25) is 0 Å². The van der Waals surface area contributed by atoms with Gasteiger partial charge < -0.3 is 5.32 Å². The molecule has 1 saturated carbocycles. The van der Waals surface area contributed by atoms with Crippen molar-refractivity contribution >= 4 is 0 Å². The highest BCUT2D eigenvalue weighted by atomic mass is 14.8. The van der Waals surface area contributed by atoms with Gasteiger partial charge in [-0.05, 0) is 38.1 Å². The van der Waals surface area contributed by atoms with E-state index in [2.05, 4.69) is 25.2 Å². The van der Waals surface area contributed by atoms with Crippen molar-refractivity contribution in [1.82, 2.24) is 5.32 Å². The molecule has 0 aliphatic heterocycles. The second kappa shape index (κ2) is 6.23. The standard InChI is InChI=1S/C13H25N/c1-4-12(10-14-3)9-13-7-5-6-11(2)8-13/h9,11,13-14H,4-8,10H2,1-3H3/b12-9+. The first-order chi connectivity index (χ1) is 6.76. The summed E-state index contributed by atoms with van der Waals surface area (Å²) in [5.74, 6) is 1.81. The van der Waals surface area contributed by atoms with Gasteiger partial charge in [0.1, 0.15) is 0 Å². The average Bonchev–Trinajstić information content (AvgIpc) is 2.17. The average molecular weight is 195 g/mol. The third-order valence-corrected chi connectivity index (χ3v) is 3.31. The number of hydrogen-bond donors (Lipinski definition) is 1. The Bertz CT molecular complexity index is 184. The van der Waals surface area contributed by atoms with E-state index in [-0.39, 0.29) is 0 Å². The molecule has 1 N–H and O–H groups in total. The third-order valence-electron chi connectivity index (χ3n) is 3.31. The van der Waals surface area contributed by atoms with Gasteiger partial charge >= 0.3 is 0 Å². The van der Waals surface area contributed by atoms with Crippen molar-refractivity contribution < 1.29 is 0 Å². The summed E-state index contributed by atoms with van der Waals surface area (Å²) in [5, 5.41) is 3.25. The molecule has 1 aliphatic rings. The topological polar surface area (TPSA) is 12.0 Å². The molecule has 0 aromatic heterocycles. The molecule has 0 amide bonds. The SMILES string of the molecule is CC/C(=C\C1CCCC(C)C1)CNC. The fraction of sp³-hybridized carbons (Fsp3) is 0.846. The van der Waals surface area contributed by atoms with Gasteiger partial charge in [-0.15, -0.1) is 0 Å². The van der Waals surface area contributed by atoms with Crippen LogP contribution in [0.1, 0.15) is 46.0 Å². The van der Waals surface area contributed by atoms with Crippen LogP contribution < -0.4 is 5.32 Å². The monoisotopic (exact) mass is 195 g/mol. The summed E-state index contributed by atoms with van der Waals surface area (Å²) < 4.78 is 0. The number of rotatable bonds is 4. The molecule has 2 unspecified atom stereocenters. The molecule has 0 aromatic rings. The largest absolute Gasteiger partial charge is 0.316 e. The number of allylic oxidation sites excluding steroid dienone is 1. The lowest BCUT2D eigenvalue weighted by Crippen LogP contribution is -2.15. The molecule has 1 rings (SSSR count). The summed E-state index contributed by atoms with van der Waals surface area (Å²) in [6.45, 7) is 5.72. The Morgan fingerprint density at radius 1 is 1.43 bits per heavy atom. The van der Waals surface area contributed by atoms with Crippen LogP contribution in [0.2, 0.25) is 0 Å². The molecule has 1 aliphatic carbocycles. The minimum absolute atomic E-state index is 0.863. The summed E-state index contributed by atoms with van der Waals surface area (Å²) in [6, 6.07) is 0. The summed E-state index contributed by atoms with van der Waals surface area (Å²) in [6.07, 6.45) is 9.43. The van der Waals surface area contributed by atoms with Crippen molar-refractivity contribution in [2.24, 2.45) is 11.8 Å². The first kappa shape index (κ1) is 11.8. The van der Waals surface area contributed by atoms with Crippen LogP contribution in [0.25, 0.3) is 0 Å². The zero-order valence-electron chi connectivity index (χ0n) is 9.97. The third kappa shape index (κ3) is 3.83. The zero-order chi connectivity index (χ0) is 10.4. The fourth-order valence-electron chi connectivity index (χ4n) is 2.49. The number of likely N-dealkylation sites (N-methyl/N-ethyl adjacent to an activating group) is 1. The lowest BCUT2D eigenvalue weighted by molar-refractivity contribution is 0.324. The Labute approximate surface area is 89.0 Å². The van der Waals surface area contributed by atoms with Gasteiger partial charge in [0.2, 0.25) is 0 Å². The van der Waals surface area contributed by atoms with E-state index in [0.717, 1.165) is 18.4 Å². The predicted molar refractivity (Wildman–Crippen MR) is 63.4 cm³/mol. The summed E-state index contributed by atoms with van der Waals surface area (Å²) >= 11 is 0. The maximum Gasteiger partial charge on any atom is 0.0161 e. The second-order valence-electron chi connectivity index (χ2n) is 4.74. The van der Waals surface area contributed by atoms with Gasteiger partial charge in [0, 0.05) is 6.54 Å². The molecule has 0 aromatic carbocycles. The molecule has 2 atom stereocenters. The van der Waals surface area contributed by atoms with Gasteiger partial charge in [0.15, 0.2) is 0 Å². The second-order valence-corrected chi connectivity index (χ2v) is 4.74. The van der Waals surface area contributed by atoms with Crippen molar-refractivity contribution in [3.8, 4) is 0 Å². The smallest absolute Gasteiger partial charge is 0.0161 e. The lowest BCUT2D eigenvalue weighted by atomic mass is 9.81. The first-order valence-corrected chi connectivity index (χ1v) is 6.10. The van der Waals surface area contributed by atoms with Crippen LogP contribution in [0.15, 0.2) is 11.6 Å². The summed E-state index contributed by atoms with van der Waals surface area (Å²) in [5.41, 5.74) is 1.59. The Kier molecular flexibility index (Phi) is 5.24. The Morgan fingerprint density at radius 2 is 2.21 bits per heavy atom. The van der Waals surface area contributed by atoms with Crippen LogP contribution in [-0.4, -0.2) is 13.6 Å². The van der Waals surface area contributed by atoms with E-state index >= 15 is 0 Å². The highest BCUT2D eigenvalue weighted by Crippen LogP contribution is 2.30. The van der Waals surface area contributed by atoms with Crippen molar-refractivity contribution in [2.45, 2.75) is 46.0 Å². The van der Waals surface area contributed by atoms with E-state index in [1.807, 2.05) is 7.05 Å². The Hall–Kier alpha value is -0.300. The Morgan fingerprint density at radius 3 is 2.79 bits per heavy atom. The van der Waals surface area contributed by atoms with Crippen molar-refractivity contribution in [2.75, 3.05) is 13.6 Å². The van der Waals surface area contributed by atoms with Gasteiger partial charge in [0.05, 0.1) is 0 Å². The highest BCUT2D eigenvalue weighted by molar-refractivity contribution is 5.06. The molecule has 1 heteroatoms. The van der Waals surface area contributed by atoms with E-state index in [9.17, 15) is 0 Å². The molecule has 0 saturated heterocycles. The molecule has 82 valence electrons. The maximum atomic E-state index is 3.25. The molecular weight excluding hydrogens is 170 g/mol. The van der Waals surface area contributed by atoms with E-state index in [1.54, 1.807) is 5.57 Å². The Balaban J connectivity index is 2.45. The van der Waals surface area contributed by atoms with E-state index in [1.165, 1.54) is 32.1 Å². The van der Waals surface area contributed by atoms with Crippen LogP contribution >= 0.6 is 0 Å². The van der Waals surface area contributed by atoms with Crippen LogP contribution in [0.4, 0.5) is 0 Å². The molecular formula is C13H25N. The van der Waals surface area contributed by atoms with Crippen molar-refractivity contribution in [3.05, 3.63) is 11.6 Å². The van der Waals surface area contributed by atoms with E-state index in [0.29, 0.717) is 0 Å². The van der Waals surface area contributed by atoms with Gasteiger partial charge in [-0.25, -0.2) is 0 Å². The van der Waals surface area contributed by atoms with Gasteiger partial charge in [-0.2, -0.15) is 0 Å². The number of hydrogen-bond acceptors (Lipinski definition) is 1. The summed E-state index contributed by atoms with van der Waals surface area (Å²) in [7, 11) is 2.03. The number of nitrogens with one attached hydrogen (secondary N) is 1. The van der Waals surface area contributed by atoms with Crippen molar-refractivity contribution in [3.63, 3.8) is 0 Å². The van der Waals surface area contributed by atoms with Crippen LogP contribution in [0, 0.1) is 11.8 Å². The quantitative estimate of drug-likeness (QED) is 0.678. The van der Waals surface area contributed by atoms with Gasteiger partial charge in [-0.1, -0.05) is 38.3 Å². The summed E-state index contributed by atoms with van der Waals surface area (Å²) in [4.78, 5) is 0. The fourth-order valence-corrected chi connectivity index (χ4v) is 2.49. The molecule has 0 radical (unpaired) electrons. The molecule has 0 heterocycles. The van der Waals surface area contributed by atoms with Crippen molar-refractivity contribution in [1.29, 1.82) is 0 Å². The van der Waals surface area contributed by atoms with Gasteiger partial charge in [0.25, 0.3) is 0 Å². The molecule has 14 heavy (non-hydrogen) atoms. The first-order valence-electron chi connectivity index (χ1n) is 6.10. The molecule has 0 bridgehead atoms. The van der Waals surface area contributed by atoms with Crippen LogP contribution in [0.5, 0.6) is 0 Å². The predicted octanol–water partition coefficient (Wildman–Crippen LogP) is 3.37. The van der Waals surface area contributed by atoms with Crippen LogP contribution in [-0.2, 0) is 0 Å². The highest BCUT2D eigenvalue weighted by Gasteiger charge is 2.16. The zero-order valence-corrected chi connectivity index (χ0v) is 9.97. The minimum atomic E-state index is 0.863. The molecule has 0 spiro atoms. The maximum absolute atomic E-state index is 3.25.